The zero-order chi connectivity index (χ0) is 12.7. The number of carbonyl (C=O) groups excluding carboxylic acids is 2. The third-order valence-corrected chi connectivity index (χ3v) is 2.09. The average Bonchev–Trinajstić information content (AvgIpc) is 2.36. The van der Waals surface area contributed by atoms with Gasteiger partial charge in [-0.25, -0.2) is 14.8 Å². The molecule has 1 aromatic heterocycles. The number of carbonyl (C=O) groups is 2. The summed E-state index contributed by atoms with van der Waals surface area (Å²) >= 11 is 0. The first kappa shape index (κ1) is 13.0. The summed E-state index contributed by atoms with van der Waals surface area (Å²) in [6.07, 6.45) is 3.06. The van der Waals surface area contributed by atoms with Gasteiger partial charge in [0, 0.05) is 19.8 Å². The highest BCUT2D eigenvalue weighted by molar-refractivity contribution is 5.96. The zero-order valence-corrected chi connectivity index (χ0v) is 9.73. The molecule has 0 aliphatic heterocycles. The maximum Gasteiger partial charge on any atom is 0.321 e. The van der Waals surface area contributed by atoms with Crippen LogP contribution in [0.5, 0.6) is 0 Å². The molecular formula is C10H15N5O2. The summed E-state index contributed by atoms with van der Waals surface area (Å²) < 4.78 is 0. The Labute approximate surface area is 99.0 Å². The second-order valence-electron chi connectivity index (χ2n) is 3.37. The smallest absolute Gasteiger partial charge is 0.321 e. The molecule has 1 aromatic rings. The molecule has 92 valence electrons. The molecule has 0 radical (unpaired) electrons. The van der Waals surface area contributed by atoms with Crippen molar-refractivity contribution in [1.82, 2.24) is 25.9 Å². The van der Waals surface area contributed by atoms with Gasteiger partial charge in [-0.1, -0.05) is 0 Å². The van der Waals surface area contributed by atoms with Crippen LogP contribution in [0, 0.1) is 0 Å². The molecule has 0 aliphatic carbocycles. The van der Waals surface area contributed by atoms with Crippen molar-refractivity contribution in [1.29, 1.82) is 0 Å². The number of aromatic nitrogens is 2. The van der Waals surface area contributed by atoms with E-state index < -0.39 is 18.0 Å². The second-order valence-corrected chi connectivity index (χ2v) is 3.37. The number of amides is 3. The highest BCUT2D eigenvalue weighted by atomic mass is 16.2. The Morgan fingerprint density at radius 2 is 2.24 bits per heavy atom. The van der Waals surface area contributed by atoms with E-state index in [-0.39, 0.29) is 0 Å². The summed E-state index contributed by atoms with van der Waals surface area (Å²) in [7, 11) is 1.45. The topological polar surface area (TPSA) is 96.0 Å². The van der Waals surface area contributed by atoms with E-state index in [1.165, 1.54) is 13.4 Å². The third kappa shape index (κ3) is 4.56. The van der Waals surface area contributed by atoms with Crippen molar-refractivity contribution in [2.45, 2.75) is 19.5 Å². The highest BCUT2D eigenvalue weighted by Crippen LogP contribution is 1.92. The van der Waals surface area contributed by atoms with Crippen LogP contribution in [-0.4, -0.2) is 35.0 Å². The Bertz CT molecular complexity index is 382. The monoisotopic (exact) mass is 237 g/mol. The molecule has 3 N–H and O–H groups in total. The van der Waals surface area contributed by atoms with Gasteiger partial charge in [-0.3, -0.25) is 10.1 Å². The summed E-state index contributed by atoms with van der Waals surface area (Å²) in [5.41, 5.74) is 0.777. The number of hydrogen-bond donors (Lipinski definition) is 3. The minimum atomic E-state index is -0.523. The largest absolute Gasteiger partial charge is 0.341 e. The number of nitrogens with one attached hydrogen (secondary N) is 3. The van der Waals surface area contributed by atoms with Gasteiger partial charge in [-0.2, -0.15) is 0 Å². The molecule has 0 spiro atoms. The van der Waals surface area contributed by atoms with Gasteiger partial charge in [0.1, 0.15) is 6.33 Å². The molecule has 0 aromatic carbocycles. The van der Waals surface area contributed by atoms with Crippen LogP contribution in [0.3, 0.4) is 0 Å². The molecule has 0 fully saturated rings. The van der Waals surface area contributed by atoms with Crippen molar-refractivity contribution in [3.63, 3.8) is 0 Å². The maximum atomic E-state index is 11.5. The molecule has 1 heterocycles. The van der Waals surface area contributed by atoms with Crippen molar-refractivity contribution < 1.29 is 9.59 Å². The number of nitrogens with zero attached hydrogens (tertiary/aromatic N) is 2. The van der Waals surface area contributed by atoms with Crippen molar-refractivity contribution in [3.05, 3.63) is 24.3 Å². The van der Waals surface area contributed by atoms with Crippen LogP contribution in [0.4, 0.5) is 4.79 Å². The summed E-state index contributed by atoms with van der Waals surface area (Å²) in [5.74, 6) is -0.390. The Morgan fingerprint density at radius 1 is 1.47 bits per heavy atom. The van der Waals surface area contributed by atoms with Gasteiger partial charge >= 0.3 is 6.03 Å². The first-order chi connectivity index (χ1) is 8.13. The number of urea groups is 1. The van der Waals surface area contributed by atoms with E-state index in [1.807, 2.05) is 0 Å². The van der Waals surface area contributed by atoms with Crippen molar-refractivity contribution in [2.24, 2.45) is 0 Å². The van der Waals surface area contributed by atoms with Crippen LogP contribution in [0.25, 0.3) is 0 Å². The first-order valence-corrected chi connectivity index (χ1v) is 5.14. The van der Waals surface area contributed by atoms with Crippen LogP contribution in [0.1, 0.15) is 12.6 Å². The fourth-order valence-corrected chi connectivity index (χ4v) is 1.06. The van der Waals surface area contributed by atoms with E-state index in [0.29, 0.717) is 6.54 Å². The number of rotatable bonds is 4. The lowest BCUT2D eigenvalue weighted by molar-refractivity contribution is -0.121. The summed E-state index contributed by atoms with van der Waals surface area (Å²) in [4.78, 5) is 30.2. The average molecular weight is 237 g/mol. The zero-order valence-electron chi connectivity index (χ0n) is 9.73. The molecule has 17 heavy (non-hydrogen) atoms. The highest BCUT2D eigenvalue weighted by Gasteiger charge is 2.14. The molecule has 0 saturated carbocycles. The molecule has 0 saturated heterocycles. The quantitative estimate of drug-likeness (QED) is 0.650. The maximum absolute atomic E-state index is 11.5. The minimum Gasteiger partial charge on any atom is -0.341 e. The van der Waals surface area contributed by atoms with Crippen LogP contribution in [0.2, 0.25) is 0 Å². The van der Waals surface area contributed by atoms with Crippen LogP contribution >= 0.6 is 0 Å². The SMILES string of the molecule is CNC(=O)NC(=O)C(C)NCc1ccncn1. The van der Waals surface area contributed by atoms with E-state index in [0.717, 1.165) is 5.69 Å². The Balaban J connectivity index is 2.37. The van der Waals surface area contributed by atoms with E-state index in [4.69, 9.17) is 0 Å². The van der Waals surface area contributed by atoms with Gasteiger partial charge in [-0.15, -0.1) is 0 Å². The first-order valence-electron chi connectivity index (χ1n) is 5.14. The summed E-state index contributed by atoms with van der Waals surface area (Å²) in [6.45, 7) is 2.10. The van der Waals surface area contributed by atoms with Gasteiger partial charge in [0.25, 0.3) is 0 Å². The number of imide groups is 1. The Morgan fingerprint density at radius 3 is 2.82 bits per heavy atom. The molecule has 0 bridgehead atoms. The predicted molar refractivity (Wildman–Crippen MR) is 60.9 cm³/mol. The Hall–Kier alpha value is -2.02. The van der Waals surface area contributed by atoms with Gasteiger partial charge in [0.15, 0.2) is 0 Å². The molecule has 7 nitrogen and oxygen atoms in total. The number of hydrogen-bond acceptors (Lipinski definition) is 5. The predicted octanol–water partition coefficient (Wildman–Crippen LogP) is -0.590. The lowest BCUT2D eigenvalue weighted by Gasteiger charge is -2.12. The molecule has 1 atom stereocenters. The normalized spacial score (nSPS) is 11.6. The Kier molecular flexibility index (Phi) is 5.02. The fraction of sp³-hybridized carbons (Fsp3) is 0.400. The standard InChI is InChI=1S/C10H15N5O2/c1-7(9(16)15-10(17)11-2)13-5-8-3-4-12-6-14-8/h3-4,6-7,13H,5H2,1-2H3,(H2,11,15,16,17). The third-order valence-electron chi connectivity index (χ3n) is 2.09. The fourth-order valence-electron chi connectivity index (χ4n) is 1.06. The molecule has 7 heteroatoms. The van der Waals surface area contributed by atoms with Gasteiger partial charge in [-0.05, 0) is 13.0 Å². The van der Waals surface area contributed by atoms with Crippen molar-refractivity contribution in [3.8, 4) is 0 Å². The van der Waals surface area contributed by atoms with Crippen LogP contribution < -0.4 is 16.0 Å². The van der Waals surface area contributed by atoms with Gasteiger partial charge in [0.2, 0.25) is 5.91 Å². The van der Waals surface area contributed by atoms with Crippen molar-refractivity contribution >= 4 is 11.9 Å². The van der Waals surface area contributed by atoms with E-state index in [9.17, 15) is 9.59 Å². The molecule has 0 aliphatic rings. The van der Waals surface area contributed by atoms with Crippen LogP contribution in [-0.2, 0) is 11.3 Å². The molecule has 1 unspecified atom stereocenters. The lowest BCUT2D eigenvalue weighted by atomic mass is 10.3. The van der Waals surface area contributed by atoms with Gasteiger partial charge in [0.05, 0.1) is 11.7 Å². The van der Waals surface area contributed by atoms with Gasteiger partial charge < -0.3 is 10.6 Å². The van der Waals surface area contributed by atoms with E-state index in [1.54, 1.807) is 19.2 Å². The molecule has 1 rings (SSSR count). The molecular weight excluding hydrogens is 222 g/mol. The summed E-state index contributed by atoms with van der Waals surface area (Å²) in [6, 6.07) is 0.740. The minimum absolute atomic E-state index is 0.390. The van der Waals surface area contributed by atoms with Crippen LogP contribution in [0.15, 0.2) is 18.6 Å². The lowest BCUT2D eigenvalue weighted by Crippen LogP contribution is -2.47. The molecule has 3 amide bonds. The summed E-state index contributed by atoms with van der Waals surface area (Å²) in [5, 5.41) is 7.43. The van der Waals surface area contributed by atoms with Crippen molar-refractivity contribution in [2.75, 3.05) is 7.05 Å². The van der Waals surface area contributed by atoms with E-state index in [2.05, 4.69) is 25.9 Å². The van der Waals surface area contributed by atoms with E-state index >= 15 is 0 Å². The second kappa shape index (κ2) is 6.54.